The second kappa shape index (κ2) is 6.53. The third kappa shape index (κ3) is 3.11. The van der Waals surface area contributed by atoms with Crippen LogP contribution in [0, 0.1) is 29.9 Å². The van der Waals surface area contributed by atoms with Gasteiger partial charge in [0.05, 0.1) is 24.0 Å². The predicted octanol–water partition coefficient (Wildman–Crippen LogP) is 4.20. The first-order valence-corrected chi connectivity index (χ1v) is 8.17. The van der Waals surface area contributed by atoms with Crippen molar-refractivity contribution in [2.24, 2.45) is 0 Å². The molecule has 6 nitrogen and oxygen atoms in total. The molecule has 27 heavy (non-hydrogen) atoms. The molecule has 0 atom stereocenters. The highest BCUT2D eigenvalue weighted by molar-refractivity contribution is 5.87. The Labute approximate surface area is 154 Å². The zero-order chi connectivity index (χ0) is 19.0. The maximum absolute atomic E-state index is 14.2. The van der Waals surface area contributed by atoms with Crippen molar-refractivity contribution in [3.05, 3.63) is 65.5 Å². The molecule has 0 fully saturated rings. The first-order chi connectivity index (χ1) is 13.0. The summed E-state index contributed by atoms with van der Waals surface area (Å²) >= 11 is 0. The summed E-state index contributed by atoms with van der Waals surface area (Å²) in [5, 5.41) is 15.2. The summed E-state index contributed by atoms with van der Waals surface area (Å²) in [7, 11) is 0. The monoisotopic (exact) mass is 364 g/mol. The van der Waals surface area contributed by atoms with Crippen LogP contribution < -0.4 is 15.5 Å². The molecule has 0 aliphatic carbocycles. The molecule has 1 aliphatic rings. The van der Waals surface area contributed by atoms with Gasteiger partial charge in [-0.3, -0.25) is 0 Å². The lowest BCUT2D eigenvalue weighted by molar-refractivity contribution is 0.583. The number of nitriles is 1. The van der Waals surface area contributed by atoms with Crippen LogP contribution >= 0.6 is 0 Å². The van der Waals surface area contributed by atoms with E-state index in [4.69, 9.17) is 5.26 Å². The van der Waals surface area contributed by atoms with Crippen molar-refractivity contribution in [1.82, 2.24) is 9.97 Å². The number of hydrogen-bond acceptors (Lipinski definition) is 6. The van der Waals surface area contributed by atoms with Crippen molar-refractivity contribution in [3.63, 3.8) is 0 Å². The number of benzene rings is 2. The van der Waals surface area contributed by atoms with Crippen LogP contribution in [-0.2, 0) is 0 Å². The van der Waals surface area contributed by atoms with Gasteiger partial charge in [0.15, 0.2) is 11.6 Å². The molecule has 0 saturated carbocycles. The SMILES string of the molecule is Cc1nc(Nc2ccc(C#N)cc2)c2c(n1)N(c1ccc(F)cc1F)CN2. The fourth-order valence-electron chi connectivity index (χ4n) is 2.90. The van der Waals surface area contributed by atoms with E-state index in [1.807, 2.05) is 0 Å². The molecule has 0 saturated heterocycles. The van der Waals surface area contributed by atoms with Gasteiger partial charge in [-0.15, -0.1) is 0 Å². The standard InChI is InChI=1S/C19H14F2N6/c1-11-24-18(26-14-5-2-12(9-22)3-6-14)17-19(25-11)27(10-23-17)16-7-4-13(20)8-15(16)21/h2-8,23H,10H2,1H3,(H,24,25,26). The minimum Gasteiger partial charge on any atom is -0.361 e. The highest BCUT2D eigenvalue weighted by atomic mass is 19.1. The zero-order valence-electron chi connectivity index (χ0n) is 14.3. The molecule has 134 valence electrons. The summed E-state index contributed by atoms with van der Waals surface area (Å²) in [6.45, 7) is 2.01. The summed E-state index contributed by atoms with van der Waals surface area (Å²) in [6, 6.07) is 12.4. The maximum Gasteiger partial charge on any atom is 0.164 e. The largest absolute Gasteiger partial charge is 0.361 e. The van der Waals surface area contributed by atoms with Gasteiger partial charge in [-0.25, -0.2) is 18.7 Å². The van der Waals surface area contributed by atoms with Gasteiger partial charge in [-0.1, -0.05) is 0 Å². The summed E-state index contributed by atoms with van der Waals surface area (Å²) in [5.41, 5.74) is 2.15. The van der Waals surface area contributed by atoms with E-state index < -0.39 is 11.6 Å². The normalized spacial score (nSPS) is 12.3. The Hall–Kier alpha value is -3.73. The topological polar surface area (TPSA) is 76.9 Å². The number of aryl methyl sites for hydroxylation is 1. The van der Waals surface area contributed by atoms with Crippen molar-refractivity contribution in [3.8, 4) is 6.07 Å². The smallest absolute Gasteiger partial charge is 0.164 e. The average Bonchev–Trinajstić information content (AvgIpc) is 3.06. The number of rotatable bonds is 3. The highest BCUT2D eigenvalue weighted by Gasteiger charge is 2.28. The Morgan fingerprint density at radius 3 is 2.63 bits per heavy atom. The number of nitrogens with zero attached hydrogens (tertiary/aromatic N) is 4. The minimum atomic E-state index is -0.664. The van der Waals surface area contributed by atoms with Crippen molar-refractivity contribution in [2.75, 3.05) is 22.2 Å². The lowest BCUT2D eigenvalue weighted by Gasteiger charge is -2.18. The molecular weight excluding hydrogens is 350 g/mol. The Morgan fingerprint density at radius 2 is 1.93 bits per heavy atom. The Balaban J connectivity index is 1.71. The van der Waals surface area contributed by atoms with Crippen LogP contribution in [0.1, 0.15) is 11.4 Å². The third-order valence-electron chi connectivity index (χ3n) is 4.15. The van der Waals surface area contributed by atoms with E-state index in [-0.39, 0.29) is 12.4 Å². The van der Waals surface area contributed by atoms with Crippen LogP contribution in [0.2, 0.25) is 0 Å². The number of nitrogens with one attached hydrogen (secondary N) is 2. The zero-order valence-corrected chi connectivity index (χ0v) is 14.3. The van der Waals surface area contributed by atoms with E-state index in [2.05, 4.69) is 26.7 Å². The third-order valence-corrected chi connectivity index (χ3v) is 4.15. The summed E-state index contributed by atoms with van der Waals surface area (Å²) in [4.78, 5) is 10.5. The minimum absolute atomic E-state index is 0.227. The van der Waals surface area contributed by atoms with Crippen LogP contribution in [0.3, 0.4) is 0 Å². The van der Waals surface area contributed by atoms with E-state index in [0.29, 0.717) is 28.7 Å². The van der Waals surface area contributed by atoms with Gasteiger partial charge < -0.3 is 15.5 Å². The molecule has 0 unspecified atom stereocenters. The number of fused-ring (bicyclic) bond motifs is 1. The van der Waals surface area contributed by atoms with Gasteiger partial charge >= 0.3 is 0 Å². The predicted molar refractivity (Wildman–Crippen MR) is 98.2 cm³/mol. The van der Waals surface area contributed by atoms with E-state index in [9.17, 15) is 8.78 Å². The Bertz CT molecular complexity index is 1060. The van der Waals surface area contributed by atoms with Gasteiger partial charge in [-0.2, -0.15) is 5.26 Å². The lowest BCUT2D eigenvalue weighted by atomic mass is 10.2. The molecule has 0 amide bonds. The van der Waals surface area contributed by atoms with E-state index >= 15 is 0 Å². The van der Waals surface area contributed by atoms with Crippen molar-refractivity contribution < 1.29 is 8.78 Å². The molecule has 0 radical (unpaired) electrons. The molecule has 8 heteroatoms. The van der Waals surface area contributed by atoms with Crippen LogP contribution in [0.25, 0.3) is 0 Å². The van der Waals surface area contributed by atoms with Crippen molar-refractivity contribution in [2.45, 2.75) is 6.92 Å². The molecule has 0 bridgehead atoms. The molecular formula is C19H14F2N6. The summed E-state index contributed by atoms with van der Waals surface area (Å²) in [6.07, 6.45) is 0. The number of halogens is 2. The van der Waals surface area contributed by atoms with Crippen LogP contribution in [-0.4, -0.2) is 16.6 Å². The lowest BCUT2D eigenvalue weighted by Crippen LogP contribution is -2.18. The fourth-order valence-corrected chi connectivity index (χ4v) is 2.90. The highest BCUT2D eigenvalue weighted by Crippen LogP contribution is 2.40. The summed E-state index contributed by atoms with van der Waals surface area (Å²) in [5.74, 6) is 0.241. The quantitative estimate of drug-likeness (QED) is 0.725. The second-order valence-electron chi connectivity index (χ2n) is 5.99. The molecule has 2 N–H and O–H groups in total. The molecule has 2 aromatic carbocycles. The molecule has 1 aromatic heterocycles. The van der Waals surface area contributed by atoms with Gasteiger partial charge in [-0.05, 0) is 43.3 Å². The van der Waals surface area contributed by atoms with E-state index in [1.54, 1.807) is 36.1 Å². The van der Waals surface area contributed by atoms with Gasteiger partial charge in [0, 0.05) is 11.8 Å². The first kappa shape index (κ1) is 16.7. The second-order valence-corrected chi connectivity index (χ2v) is 5.99. The Kier molecular flexibility index (Phi) is 4.05. The van der Waals surface area contributed by atoms with E-state index in [0.717, 1.165) is 11.8 Å². The average molecular weight is 364 g/mol. The van der Waals surface area contributed by atoms with Crippen LogP contribution in [0.5, 0.6) is 0 Å². The number of aromatic nitrogens is 2. The van der Waals surface area contributed by atoms with Crippen LogP contribution in [0.15, 0.2) is 42.5 Å². The molecule has 3 aromatic rings. The molecule has 2 heterocycles. The maximum atomic E-state index is 14.2. The van der Waals surface area contributed by atoms with Crippen molar-refractivity contribution >= 4 is 28.7 Å². The van der Waals surface area contributed by atoms with Gasteiger partial charge in [0.1, 0.15) is 23.1 Å². The molecule has 1 aliphatic heterocycles. The number of anilines is 5. The van der Waals surface area contributed by atoms with Crippen molar-refractivity contribution in [1.29, 1.82) is 5.26 Å². The summed E-state index contributed by atoms with van der Waals surface area (Å²) < 4.78 is 27.4. The van der Waals surface area contributed by atoms with Crippen LogP contribution in [0.4, 0.5) is 37.5 Å². The van der Waals surface area contributed by atoms with Gasteiger partial charge in [0.2, 0.25) is 0 Å². The first-order valence-electron chi connectivity index (χ1n) is 8.17. The Morgan fingerprint density at radius 1 is 1.15 bits per heavy atom. The molecule has 4 rings (SSSR count). The van der Waals surface area contributed by atoms with Gasteiger partial charge in [0.25, 0.3) is 0 Å². The van der Waals surface area contributed by atoms with E-state index in [1.165, 1.54) is 12.1 Å². The molecule has 0 spiro atoms. The number of hydrogen-bond donors (Lipinski definition) is 2. The fraction of sp³-hybridized carbons (Fsp3) is 0.105.